The van der Waals surface area contributed by atoms with Crippen LogP contribution < -0.4 is 11.1 Å². The van der Waals surface area contributed by atoms with Crippen molar-refractivity contribution >= 4 is 52.3 Å². The van der Waals surface area contributed by atoms with E-state index in [1.807, 2.05) is 28.9 Å². The molecule has 2 bridgehead atoms. The van der Waals surface area contributed by atoms with E-state index in [0.717, 1.165) is 28.7 Å². The van der Waals surface area contributed by atoms with Gasteiger partial charge in [-0.3, -0.25) is 4.79 Å². The van der Waals surface area contributed by atoms with Crippen LogP contribution in [0.5, 0.6) is 0 Å². The molecule has 0 saturated heterocycles. The summed E-state index contributed by atoms with van der Waals surface area (Å²) in [5, 5.41) is 3.08. The number of hydrogen-bond acceptors (Lipinski definition) is 3. The van der Waals surface area contributed by atoms with Crippen LogP contribution in [0.1, 0.15) is 37.8 Å². The molecule has 1 amide bonds. The topological polar surface area (TPSA) is 72.4 Å². The van der Waals surface area contributed by atoms with Gasteiger partial charge in [0, 0.05) is 28.8 Å². The van der Waals surface area contributed by atoms with Crippen LogP contribution >= 0.6 is 40.7 Å². The number of rotatable bonds is 3. The first-order valence-electron chi connectivity index (χ1n) is 8.76. The van der Waals surface area contributed by atoms with Crippen LogP contribution in [-0.2, 0) is 11.3 Å². The van der Waals surface area contributed by atoms with Gasteiger partial charge in [0.15, 0.2) is 0 Å². The highest BCUT2D eigenvalue weighted by Crippen LogP contribution is 2.41. The Morgan fingerprint density at radius 2 is 1.92 bits per heavy atom. The summed E-state index contributed by atoms with van der Waals surface area (Å²) >= 11 is 3.46. The molecular weight excluding hydrogens is 439 g/mol. The van der Waals surface area contributed by atoms with Gasteiger partial charge in [-0.25, -0.2) is 4.98 Å². The lowest BCUT2D eigenvalue weighted by Gasteiger charge is -2.43. The largest absolute Gasteiger partial charge is 0.350 e. The number of nitrogens with one attached hydrogen (secondary N) is 1. The molecule has 0 aromatic carbocycles. The minimum Gasteiger partial charge on any atom is -0.350 e. The number of halogens is 3. The van der Waals surface area contributed by atoms with Gasteiger partial charge < -0.3 is 15.5 Å². The fraction of sp³-hybridized carbons (Fsp3) is 0.556. The van der Waals surface area contributed by atoms with Crippen LogP contribution in [0.3, 0.4) is 0 Å². The van der Waals surface area contributed by atoms with E-state index in [4.69, 9.17) is 5.73 Å². The van der Waals surface area contributed by atoms with E-state index in [9.17, 15) is 4.79 Å². The SMILES string of the molecule is Cl.Cl.NC1C2CCCC1CC(C(=O)NCc1cn3cc(Br)ccc3n1)C2. The number of pyridine rings is 1. The summed E-state index contributed by atoms with van der Waals surface area (Å²) in [6, 6.07) is 4.23. The first-order valence-corrected chi connectivity index (χ1v) is 9.56. The quantitative estimate of drug-likeness (QED) is 0.728. The summed E-state index contributed by atoms with van der Waals surface area (Å²) in [4.78, 5) is 17.1. The van der Waals surface area contributed by atoms with Crippen molar-refractivity contribution in [1.82, 2.24) is 14.7 Å². The van der Waals surface area contributed by atoms with Gasteiger partial charge in [0.2, 0.25) is 5.91 Å². The number of nitrogens with zero attached hydrogens (tertiary/aromatic N) is 2. The molecule has 2 unspecified atom stereocenters. The van der Waals surface area contributed by atoms with Crippen LogP contribution in [-0.4, -0.2) is 21.3 Å². The molecule has 4 rings (SSSR count). The van der Waals surface area contributed by atoms with Crippen LogP contribution in [0, 0.1) is 17.8 Å². The number of fused-ring (bicyclic) bond motifs is 3. The number of amides is 1. The van der Waals surface area contributed by atoms with E-state index < -0.39 is 0 Å². The number of imidazole rings is 1. The molecule has 2 aliphatic rings. The number of carbonyl (C=O) groups is 1. The third-order valence-electron chi connectivity index (χ3n) is 5.69. The van der Waals surface area contributed by atoms with Crippen molar-refractivity contribution in [1.29, 1.82) is 0 Å². The fourth-order valence-electron chi connectivity index (χ4n) is 4.43. The van der Waals surface area contributed by atoms with Gasteiger partial charge in [-0.2, -0.15) is 0 Å². The van der Waals surface area contributed by atoms with Crippen LogP contribution in [0.4, 0.5) is 0 Å². The Kier molecular flexibility index (Phi) is 7.36. The first kappa shape index (κ1) is 21.5. The van der Waals surface area contributed by atoms with Crippen molar-refractivity contribution in [3.05, 3.63) is 34.7 Å². The molecule has 2 fully saturated rings. The Bertz CT molecular complexity index is 755. The third-order valence-corrected chi connectivity index (χ3v) is 6.16. The van der Waals surface area contributed by atoms with Gasteiger partial charge in [0.1, 0.15) is 5.65 Å². The van der Waals surface area contributed by atoms with E-state index >= 15 is 0 Å². The Labute approximate surface area is 174 Å². The second-order valence-corrected chi connectivity index (χ2v) is 8.18. The highest BCUT2D eigenvalue weighted by atomic mass is 79.9. The summed E-state index contributed by atoms with van der Waals surface area (Å²) in [6.07, 6.45) is 9.46. The van der Waals surface area contributed by atoms with Crippen molar-refractivity contribution in [3.8, 4) is 0 Å². The molecular formula is C18H25BrCl2N4O. The van der Waals surface area contributed by atoms with Crippen molar-refractivity contribution < 1.29 is 4.79 Å². The summed E-state index contributed by atoms with van der Waals surface area (Å²) in [5.41, 5.74) is 8.09. The average molecular weight is 464 g/mol. The lowest BCUT2D eigenvalue weighted by molar-refractivity contribution is -0.128. The Balaban J connectivity index is 0.00000121. The second-order valence-electron chi connectivity index (χ2n) is 7.26. The number of carbonyl (C=O) groups excluding carboxylic acids is 1. The van der Waals surface area contributed by atoms with Crippen LogP contribution in [0.2, 0.25) is 0 Å². The number of nitrogens with two attached hydrogens (primary N) is 1. The van der Waals surface area contributed by atoms with Crippen molar-refractivity contribution in [3.63, 3.8) is 0 Å². The lowest BCUT2D eigenvalue weighted by Crippen LogP contribution is -2.49. The van der Waals surface area contributed by atoms with E-state index in [1.165, 1.54) is 19.3 Å². The zero-order valence-electron chi connectivity index (χ0n) is 14.4. The molecule has 2 aliphatic carbocycles. The zero-order chi connectivity index (χ0) is 16.7. The fourth-order valence-corrected chi connectivity index (χ4v) is 4.78. The molecule has 26 heavy (non-hydrogen) atoms. The summed E-state index contributed by atoms with van der Waals surface area (Å²) in [6.45, 7) is 0.482. The van der Waals surface area contributed by atoms with E-state index in [-0.39, 0.29) is 36.6 Å². The van der Waals surface area contributed by atoms with Crippen LogP contribution in [0.25, 0.3) is 5.65 Å². The normalized spacial score (nSPS) is 27.3. The molecule has 0 aliphatic heterocycles. The molecule has 0 radical (unpaired) electrons. The van der Waals surface area contributed by atoms with E-state index in [0.29, 0.717) is 24.4 Å². The molecule has 2 aromatic heterocycles. The maximum atomic E-state index is 12.6. The van der Waals surface area contributed by atoms with E-state index in [1.54, 1.807) is 0 Å². The monoisotopic (exact) mass is 462 g/mol. The summed E-state index contributed by atoms with van der Waals surface area (Å²) in [7, 11) is 0. The number of aromatic nitrogens is 2. The van der Waals surface area contributed by atoms with Gasteiger partial charge >= 0.3 is 0 Å². The minimum atomic E-state index is 0. The Morgan fingerprint density at radius 3 is 2.62 bits per heavy atom. The molecule has 2 saturated carbocycles. The lowest BCUT2D eigenvalue weighted by atomic mass is 9.65. The molecule has 5 nitrogen and oxygen atoms in total. The van der Waals surface area contributed by atoms with Gasteiger partial charge in [0.05, 0.1) is 12.2 Å². The second kappa shape index (κ2) is 8.91. The first-order chi connectivity index (χ1) is 11.6. The molecule has 8 heteroatoms. The van der Waals surface area contributed by atoms with Gasteiger partial charge in [-0.1, -0.05) is 6.42 Å². The standard InChI is InChI=1S/C18H23BrN4O.2ClH/c19-14-4-5-16-22-15(10-23(16)9-14)8-21-18(24)13-6-11-2-1-3-12(7-13)17(11)20;;/h4-5,9-13,17H,1-3,6-8,20H2,(H,21,24);2*1H. The highest BCUT2D eigenvalue weighted by molar-refractivity contribution is 9.10. The summed E-state index contributed by atoms with van der Waals surface area (Å²) in [5.74, 6) is 1.34. The molecule has 2 heterocycles. The smallest absolute Gasteiger partial charge is 0.223 e. The predicted octanol–water partition coefficient (Wildman–Crippen LogP) is 3.71. The number of hydrogen-bond donors (Lipinski definition) is 2. The molecule has 2 aromatic rings. The Hall–Kier alpha value is -0.820. The zero-order valence-corrected chi connectivity index (χ0v) is 17.7. The molecule has 3 N–H and O–H groups in total. The molecule has 144 valence electrons. The predicted molar refractivity (Wildman–Crippen MR) is 111 cm³/mol. The summed E-state index contributed by atoms with van der Waals surface area (Å²) < 4.78 is 2.98. The molecule has 2 atom stereocenters. The third kappa shape index (κ3) is 4.35. The van der Waals surface area contributed by atoms with Crippen molar-refractivity contribution in [2.24, 2.45) is 23.5 Å². The van der Waals surface area contributed by atoms with Crippen LogP contribution in [0.15, 0.2) is 29.0 Å². The Morgan fingerprint density at radius 1 is 1.23 bits per heavy atom. The van der Waals surface area contributed by atoms with Gasteiger partial charge in [-0.15, -0.1) is 24.8 Å². The van der Waals surface area contributed by atoms with Gasteiger partial charge in [0.25, 0.3) is 0 Å². The highest BCUT2D eigenvalue weighted by Gasteiger charge is 2.40. The van der Waals surface area contributed by atoms with Crippen molar-refractivity contribution in [2.75, 3.05) is 0 Å². The van der Waals surface area contributed by atoms with Crippen molar-refractivity contribution in [2.45, 2.75) is 44.7 Å². The maximum absolute atomic E-state index is 12.6. The van der Waals surface area contributed by atoms with Gasteiger partial charge in [-0.05, 0) is 65.6 Å². The van der Waals surface area contributed by atoms with E-state index in [2.05, 4.69) is 26.2 Å². The average Bonchev–Trinajstić information content (AvgIpc) is 2.94. The molecule has 0 spiro atoms. The minimum absolute atomic E-state index is 0. The maximum Gasteiger partial charge on any atom is 0.223 e.